The average molecular weight is 389 g/mol. The summed E-state index contributed by atoms with van der Waals surface area (Å²) < 4.78 is 1.79. The molecule has 2 aromatic heterocycles. The molecule has 0 radical (unpaired) electrons. The van der Waals surface area contributed by atoms with E-state index in [2.05, 4.69) is 24.9 Å². The maximum atomic E-state index is 12.8. The standard InChI is InChI=1S/C21H23N7O/c29-20(17-3-5-18(6-4-17)28-10-2-9-24-28)27-15-19(16-27)25-11-13-26(14-12-25)21-22-7-1-8-23-21/h1-10,19H,11-16H2. The Balaban J connectivity index is 1.13. The van der Waals surface area contributed by atoms with Gasteiger partial charge in [-0.2, -0.15) is 5.10 Å². The van der Waals surface area contributed by atoms with Crippen LogP contribution in [0.3, 0.4) is 0 Å². The number of nitrogens with zero attached hydrogens (tertiary/aromatic N) is 7. The molecule has 29 heavy (non-hydrogen) atoms. The lowest BCUT2D eigenvalue weighted by atomic mass is 10.0. The highest BCUT2D eigenvalue weighted by atomic mass is 16.2. The van der Waals surface area contributed by atoms with Gasteiger partial charge in [0.05, 0.1) is 5.69 Å². The summed E-state index contributed by atoms with van der Waals surface area (Å²) in [6.45, 7) is 5.38. The van der Waals surface area contributed by atoms with Crippen LogP contribution in [0.2, 0.25) is 0 Å². The molecular weight excluding hydrogens is 366 g/mol. The van der Waals surface area contributed by atoms with E-state index in [1.165, 1.54) is 0 Å². The lowest BCUT2D eigenvalue weighted by Crippen LogP contribution is -2.64. The molecule has 2 aliphatic rings. The third-order valence-electron chi connectivity index (χ3n) is 5.70. The van der Waals surface area contributed by atoms with Crippen molar-refractivity contribution in [1.29, 1.82) is 0 Å². The largest absolute Gasteiger partial charge is 0.338 e. The number of anilines is 1. The number of rotatable bonds is 4. The van der Waals surface area contributed by atoms with Gasteiger partial charge in [-0.3, -0.25) is 9.69 Å². The summed E-state index contributed by atoms with van der Waals surface area (Å²) in [7, 11) is 0. The highest BCUT2D eigenvalue weighted by Crippen LogP contribution is 2.21. The Bertz CT molecular complexity index is 944. The minimum atomic E-state index is 0.101. The van der Waals surface area contributed by atoms with Crippen molar-refractivity contribution in [2.75, 3.05) is 44.2 Å². The third-order valence-corrected chi connectivity index (χ3v) is 5.70. The number of likely N-dealkylation sites (tertiary alicyclic amines) is 1. The van der Waals surface area contributed by atoms with Crippen LogP contribution in [0.25, 0.3) is 5.69 Å². The highest BCUT2D eigenvalue weighted by Gasteiger charge is 2.36. The van der Waals surface area contributed by atoms with E-state index in [1.807, 2.05) is 47.5 Å². The molecule has 0 bridgehead atoms. The van der Waals surface area contributed by atoms with Crippen LogP contribution in [-0.4, -0.2) is 80.8 Å². The van der Waals surface area contributed by atoms with Crippen LogP contribution in [0.4, 0.5) is 5.95 Å². The van der Waals surface area contributed by atoms with E-state index in [1.54, 1.807) is 23.3 Å². The molecule has 148 valence electrons. The van der Waals surface area contributed by atoms with Crippen LogP contribution < -0.4 is 4.90 Å². The molecule has 0 spiro atoms. The maximum Gasteiger partial charge on any atom is 0.253 e. The monoisotopic (exact) mass is 389 g/mol. The fraction of sp³-hybridized carbons (Fsp3) is 0.333. The first-order chi connectivity index (χ1) is 14.3. The molecule has 0 unspecified atom stereocenters. The van der Waals surface area contributed by atoms with Gasteiger partial charge >= 0.3 is 0 Å². The fourth-order valence-electron chi connectivity index (χ4n) is 3.95. The molecule has 3 aromatic rings. The van der Waals surface area contributed by atoms with E-state index in [4.69, 9.17) is 0 Å². The summed E-state index contributed by atoms with van der Waals surface area (Å²) in [4.78, 5) is 28.1. The van der Waals surface area contributed by atoms with Crippen molar-refractivity contribution in [3.05, 3.63) is 66.7 Å². The van der Waals surface area contributed by atoms with Gasteiger partial charge in [0, 0.05) is 75.7 Å². The number of carbonyl (C=O) groups is 1. The minimum absolute atomic E-state index is 0.101. The maximum absolute atomic E-state index is 12.8. The molecule has 1 aromatic carbocycles. The van der Waals surface area contributed by atoms with Gasteiger partial charge in [-0.15, -0.1) is 0 Å². The molecule has 8 heteroatoms. The number of hydrogen-bond acceptors (Lipinski definition) is 6. The number of amides is 1. The predicted molar refractivity (Wildman–Crippen MR) is 109 cm³/mol. The van der Waals surface area contributed by atoms with Gasteiger partial charge in [0.1, 0.15) is 0 Å². The van der Waals surface area contributed by atoms with Gasteiger partial charge < -0.3 is 9.80 Å². The molecule has 5 rings (SSSR count). The number of aromatic nitrogens is 4. The summed E-state index contributed by atoms with van der Waals surface area (Å²) in [6.07, 6.45) is 7.20. The summed E-state index contributed by atoms with van der Waals surface area (Å²) in [5, 5.41) is 4.21. The molecule has 0 saturated carbocycles. The molecule has 4 heterocycles. The van der Waals surface area contributed by atoms with E-state index in [0.29, 0.717) is 6.04 Å². The van der Waals surface area contributed by atoms with Crippen LogP contribution in [0.1, 0.15) is 10.4 Å². The molecule has 0 aliphatic carbocycles. The molecule has 1 amide bonds. The summed E-state index contributed by atoms with van der Waals surface area (Å²) in [6, 6.07) is 11.8. The number of hydrogen-bond donors (Lipinski definition) is 0. The summed E-state index contributed by atoms with van der Waals surface area (Å²) in [5.74, 6) is 0.903. The summed E-state index contributed by atoms with van der Waals surface area (Å²) in [5.41, 5.74) is 1.68. The molecule has 0 N–H and O–H groups in total. The van der Waals surface area contributed by atoms with Gasteiger partial charge in [0.25, 0.3) is 5.91 Å². The molecule has 8 nitrogen and oxygen atoms in total. The van der Waals surface area contributed by atoms with Crippen LogP contribution >= 0.6 is 0 Å². The zero-order valence-corrected chi connectivity index (χ0v) is 16.1. The number of carbonyl (C=O) groups excluding carboxylic acids is 1. The van der Waals surface area contributed by atoms with E-state index < -0.39 is 0 Å². The second kappa shape index (κ2) is 7.63. The second-order valence-corrected chi connectivity index (χ2v) is 7.43. The van der Waals surface area contributed by atoms with Crippen molar-refractivity contribution in [3.8, 4) is 5.69 Å². The predicted octanol–water partition coefficient (Wildman–Crippen LogP) is 1.31. The van der Waals surface area contributed by atoms with Gasteiger partial charge in [-0.05, 0) is 36.4 Å². The van der Waals surface area contributed by atoms with E-state index >= 15 is 0 Å². The lowest BCUT2D eigenvalue weighted by molar-refractivity contribution is 0.0246. The average Bonchev–Trinajstić information content (AvgIpc) is 3.29. The smallest absolute Gasteiger partial charge is 0.253 e. The van der Waals surface area contributed by atoms with Crippen molar-refractivity contribution in [2.45, 2.75) is 6.04 Å². The minimum Gasteiger partial charge on any atom is -0.338 e. The van der Waals surface area contributed by atoms with Gasteiger partial charge in [-0.1, -0.05) is 0 Å². The van der Waals surface area contributed by atoms with Gasteiger partial charge in [0.15, 0.2) is 0 Å². The first-order valence-electron chi connectivity index (χ1n) is 9.93. The highest BCUT2D eigenvalue weighted by molar-refractivity contribution is 5.95. The van der Waals surface area contributed by atoms with Crippen molar-refractivity contribution in [2.24, 2.45) is 0 Å². The van der Waals surface area contributed by atoms with Crippen molar-refractivity contribution < 1.29 is 4.79 Å². The summed E-state index contributed by atoms with van der Waals surface area (Å²) >= 11 is 0. The zero-order valence-electron chi connectivity index (χ0n) is 16.1. The Hall–Kier alpha value is -3.26. The number of benzene rings is 1. The van der Waals surface area contributed by atoms with E-state index in [0.717, 1.165) is 56.5 Å². The topological polar surface area (TPSA) is 70.4 Å². The Kier molecular flexibility index (Phi) is 4.69. The normalized spacial score (nSPS) is 17.9. The van der Waals surface area contributed by atoms with E-state index in [-0.39, 0.29) is 5.91 Å². The second-order valence-electron chi connectivity index (χ2n) is 7.43. The quantitative estimate of drug-likeness (QED) is 0.670. The van der Waals surface area contributed by atoms with Gasteiger partial charge in [0.2, 0.25) is 5.95 Å². The molecule has 0 atom stereocenters. The molecule has 2 saturated heterocycles. The molecular formula is C21H23N7O. The van der Waals surface area contributed by atoms with Gasteiger partial charge in [-0.25, -0.2) is 14.6 Å². The Labute approximate surface area is 169 Å². The van der Waals surface area contributed by atoms with Crippen LogP contribution in [0, 0.1) is 0 Å². The van der Waals surface area contributed by atoms with Crippen LogP contribution in [0.5, 0.6) is 0 Å². The van der Waals surface area contributed by atoms with Crippen molar-refractivity contribution >= 4 is 11.9 Å². The first kappa shape index (κ1) is 17.8. The number of piperazine rings is 1. The van der Waals surface area contributed by atoms with Crippen LogP contribution in [-0.2, 0) is 0 Å². The zero-order chi connectivity index (χ0) is 19.6. The van der Waals surface area contributed by atoms with Crippen molar-refractivity contribution in [1.82, 2.24) is 29.5 Å². The fourth-order valence-corrected chi connectivity index (χ4v) is 3.95. The third kappa shape index (κ3) is 3.58. The SMILES string of the molecule is O=C(c1ccc(-n2cccn2)cc1)N1CC(N2CCN(c3ncccn3)CC2)C1. The Morgan fingerprint density at radius 3 is 2.28 bits per heavy atom. The Morgan fingerprint density at radius 1 is 0.897 bits per heavy atom. The van der Waals surface area contributed by atoms with E-state index in [9.17, 15) is 4.79 Å². The molecule has 2 aliphatic heterocycles. The van der Waals surface area contributed by atoms with Crippen LogP contribution in [0.15, 0.2) is 61.2 Å². The first-order valence-corrected chi connectivity index (χ1v) is 9.93. The molecule has 2 fully saturated rings. The Morgan fingerprint density at radius 2 is 1.62 bits per heavy atom. The van der Waals surface area contributed by atoms with Crippen molar-refractivity contribution in [3.63, 3.8) is 0 Å². The lowest BCUT2D eigenvalue weighted by Gasteiger charge is -2.48.